The largest absolute Gasteiger partial charge is 0.374 e. The predicted octanol–water partition coefficient (Wildman–Crippen LogP) is 21.9. The number of rotatable bonds is 6. The molecule has 2 aromatic heterocycles. The van der Waals surface area contributed by atoms with Crippen LogP contribution in [0.5, 0.6) is 0 Å². The second kappa shape index (κ2) is 19.6. The monoisotopic (exact) mass is 1180 g/mol. The predicted molar refractivity (Wildman–Crippen MR) is 391 cm³/mol. The molecule has 1 atom stereocenters. The van der Waals surface area contributed by atoms with Gasteiger partial charge in [0.2, 0.25) is 0 Å². The summed E-state index contributed by atoms with van der Waals surface area (Å²) in [6.45, 7) is 27.0. The first-order valence-electron chi connectivity index (χ1n) is 32.9. The Labute approximate surface area is 540 Å². The molecule has 0 fully saturated rings. The molecule has 0 aliphatic carbocycles. The molecular formula is C87H71BN4. The van der Waals surface area contributed by atoms with E-state index in [4.69, 9.17) is 0 Å². The van der Waals surface area contributed by atoms with Crippen molar-refractivity contribution in [2.24, 2.45) is 0 Å². The molecule has 1 unspecified atom stereocenters. The smallest absolute Gasteiger partial charge is 0.333 e. The van der Waals surface area contributed by atoms with E-state index in [1.807, 2.05) is 0 Å². The van der Waals surface area contributed by atoms with Gasteiger partial charge < -0.3 is 18.8 Å². The topological polar surface area (TPSA) is 16.3 Å². The van der Waals surface area contributed by atoms with Gasteiger partial charge in [-0.3, -0.25) is 0 Å². The lowest BCUT2D eigenvalue weighted by atomic mass is 9.45. The van der Waals surface area contributed by atoms with Crippen molar-refractivity contribution in [3.8, 4) is 66.8 Å². The number of aryl methyl sites for hydroxylation is 12. The minimum atomic E-state index is -0.118. The minimum Gasteiger partial charge on any atom is -0.374 e. The molecule has 0 radical (unpaired) electrons. The standard InChI is InChI=1S/C87H71BN4/c1-47-33-51(5)77(52(6)34-47)59-41-60(78-53(7)35-48(2)36-54(78)8)44-63(43-59)89-73-29-15-13-21-69(73)85-81-65(22-19-31-75(81)89)67-24-17-26-70-83(67)91(85)86-71-27-18-25-68-66-23-20-32-76-82(66)88(92(84(68)71)87(70)86)72-28-14-16-30-74(72)90(76)64-45-61(79-55(9)37-49(3)38-56(79)10)42-62(46-64)80-57(11)39-50(4)40-58(80)12/h13-46,85H,1-12H3. The summed E-state index contributed by atoms with van der Waals surface area (Å²) < 4.78 is 5.58. The number of benzene rings is 12. The molecule has 0 bridgehead atoms. The van der Waals surface area contributed by atoms with Crippen LogP contribution in [-0.2, 0) is 0 Å². The normalized spacial score (nSPS) is 13.9. The van der Waals surface area contributed by atoms with Crippen LogP contribution in [0, 0.1) is 83.1 Å². The van der Waals surface area contributed by atoms with Gasteiger partial charge in [0.1, 0.15) is 0 Å². The molecule has 12 aromatic carbocycles. The molecule has 92 heavy (non-hydrogen) atoms. The van der Waals surface area contributed by atoms with Crippen LogP contribution in [-0.4, -0.2) is 15.9 Å². The number of aromatic nitrogens is 2. The third-order valence-corrected chi connectivity index (χ3v) is 21.2. The summed E-state index contributed by atoms with van der Waals surface area (Å²) >= 11 is 0. The summed E-state index contributed by atoms with van der Waals surface area (Å²) in [5.41, 5.74) is 48.4. The molecular weight excluding hydrogens is 1110 g/mol. The van der Waals surface area contributed by atoms with Crippen LogP contribution in [0.15, 0.2) is 206 Å². The van der Waals surface area contributed by atoms with Gasteiger partial charge in [-0.15, -0.1) is 0 Å². The molecule has 5 heteroatoms. The van der Waals surface area contributed by atoms with Crippen molar-refractivity contribution in [2.45, 2.75) is 89.1 Å². The lowest BCUT2D eigenvalue weighted by Gasteiger charge is -2.42. The van der Waals surface area contributed by atoms with Crippen LogP contribution in [0.3, 0.4) is 0 Å². The highest BCUT2D eigenvalue weighted by Crippen LogP contribution is 2.60. The average Bonchev–Trinajstić information content (AvgIpc) is 1.48. The first-order valence-corrected chi connectivity index (χ1v) is 32.9. The molecule has 14 aromatic rings. The van der Waals surface area contributed by atoms with Crippen molar-refractivity contribution in [1.82, 2.24) is 9.05 Å². The lowest BCUT2D eigenvalue weighted by Crippen LogP contribution is -2.56. The maximum atomic E-state index is 2.79. The quantitative estimate of drug-likeness (QED) is 0.154. The molecule has 0 saturated heterocycles. The maximum absolute atomic E-state index is 2.79. The van der Waals surface area contributed by atoms with Crippen molar-refractivity contribution in [3.63, 3.8) is 0 Å². The second-order valence-electron chi connectivity index (χ2n) is 27.5. The Bertz CT molecular complexity index is 5060. The zero-order valence-corrected chi connectivity index (χ0v) is 54.6. The van der Waals surface area contributed by atoms with Crippen molar-refractivity contribution < 1.29 is 0 Å². The summed E-state index contributed by atoms with van der Waals surface area (Å²) in [4.78, 5) is 5.20. The zero-order valence-electron chi connectivity index (χ0n) is 54.6. The number of hydrogen-bond acceptors (Lipinski definition) is 2. The van der Waals surface area contributed by atoms with Gasteiger partial charge in [-0.25, -0.2) is 0 Å². The van der Waals surface area contributed by atoms with Gasteiger partial charge >= 0.3 is 6.85 Å². The van der Waals surface area contributed by atoms with E-state index < -0.39 is 0 Å². The molecule has 4 aliphatic rings. The van der Waals surface area contributed by atoms with Crippen LogP contribution in [0.4, 0.5) is 34.1 Å². The molecule has 18 rings (SSSR count). The van der Waals surface area contributed by atoms with Crippen molar-refractivity contribution in [2.75, 3.05) is 9.80 Å². The minimum absolute atomic E-state index is 0.118. The number of anilines is 6. The van der Waals surface area contributed by atoms with Crippen molar-refractivity contribution >= 4 is 84.7 Å². The van der Waals surface area contributed by atoms with Crippen LogP contribution in [0.25, 0.3) is 99.6 Å². The fraction of sp³-hybridized carbons (Fsp3) is 0.149. The Morgan fingerprint density at radius 1 is 0.304 bits per heavy atom. The number of para-hydroxylation sites is 4. The molecule has 4 aliphatic heterocycles. The molecule has 0 spiro atoms. The first-order chi connectivity index (χ1) is 44.6. The molecule has 0 saturated carbocycles. The van der Waals surface area contributed by atoms with Gasteiger partial charge in [-0.2, -0.15) is 0 Å². The van der Waals surface area contributed by atoms with Crippen molar-refractivity contribution in [1.29, 1.82) is 0 Å². The highest BCUT2D eigenvalue weighted by Gasteiger charge is 2.46. The summed E-state index contributed by atoms with van der Waals surface area (Å²) in [6, 6.07) is 80.6. The lowest BCUT2D eigenvalue weighted by molar-refractivity contribution is 0.713. The zero-order chi connectivity index (χ0) is 62.6. The van der Waals surface area contributed by atoms with Gasteiger partial charge in [0.25, 0.3) is 0 Å². The van der Waals surface area contributed by atoms with E-state index in [0.29, 0.717) is 0 Å². The highest BCUT2D eigenvalue weighted by atomic mass is 15.2. The molecule has 0 N–H and O–H groups in total. The molecule has 6 heterocycles. The van der Waals surface area contributed by atoms with Gasteiger partial charge in [0.05, 0.1) is 34.0 Å². The van der Waals surface area contributed by atoms with E-state index in [2.05, 4.69) is 308 Å². The molecule has 442 valence electrons. The second-order valence-corrected chi connectivity index (χ2v) is 27.5. The van der Waals surface area contributed by atoms with E-state index in [-0.39, 0.29) is 12.9 Å². The third-order valence-electron chi connectivity index (χ3n) is 21.2. The van der Waals surface area contributed by atoms with Crippen LogP contribution < -0.4 is 20.7 Å². The summed E-state index contributed by atoms with van der Waals surface area (Å²) in [5.74, 6) is 0. The average molecular weight is 1180 g/mol. The number of hydrogen-bond donors (Lipinski definition) is 0. The van der Waals surface area contributed by atoms with E-state index in [9.17, 15) is 0 Å². The first kappa shape index (κ1) is 54.6. The Morgan fingerprint density at radius 3 is 1.21 bits per heavy atom. The SMILES string of the molecule is Cc1cc(C)c(-c2cc(-c3c(C)cc(C)cc3C)cc(N3c4ccccc4B4c5c(cccc53)-c3cccc5c3n4c3c4cccc6c4n(c53)C3c4ccccc4N(c4cc(-c5c(C)cc(C)cc5C)cc(-c5c(C)cc(C)cc5C)c4)c4cccc-6c43)c2)c(C)c1. The van der Waals surface area contributed by atoms with Gasteiger partial charge in [-0.1, -0.05) is 168 Å². The van der Waals surface area contributed by atoms with Crippen LogP contribution >= 0.6 is 0 Å². The molecule has 4 nitrogen and oxygen atoms in total. The number of nitrogens with zero attached hydrogens (tertiary/aromatic N) is 4. The summed E-state index contributed by atoms with van der Waals surface area (Å²) in [5, 5.41) is 2.57. The third kappa shape index (κ3) is 7.54. The Balaban J connectivity index is 0.875. The van der Waals surface area contributed by atoms with E-state index in [1.54, 1.807) is 0 Å². The number of fused-ring (bicyclic) bond motifs is 13. The van der Waals surface area contributed by atoms with E-state index >= 15 is 0 Å². The maximum Gasteiger partial charge on any atom is 0.333 e. The highest BCUT2D eigenvalue weighted by molar-refractivity contribution is 6.90. The van der Waals surface area contributed by atoms with Crippen molar-refractivity contribution in [3.05, 3.63) is 284 Å². The Morgan fingerprint density at radius 2 is 0.696 bits per heavy atom. The summed E-state index contributed by atoms with van der Waals surface area (Å²) in [6.07, 6.45) is 0. The fourth-order valence-electron chi connectivity index (χ4n) is 18.6. The van der Waals surface area contributed by atoms with E-state index in [1.165, 1.54) is 211 Å². The molecule has 0 amide bonds. The van der Waals surface area contributed by atoms with Gasteiger partial charge in [0.15, 0.2) is 0 Å². The van der Waals surface area contributed by atoms with Crippen LogP contribution in [0.1, 0.15) is 83.9 Å². The van der Waals surface area contributed by atoms with Gasteiger partial charge in [0, 0.05) is 61.3 Å². The summed E-state index contributed by atoms with van der Waals surface area (Å²) in [7, 11) is 0. The Hall–Kier alpha value is -10.4. The van der Waals surface area contributed by atoms with E-state index in [0.717, 1.165) is 11.4 Å². The van der Waals surface area contributed by atoms with Gasteiger partial charge in [-0.05, 0) is 255 Å². The fourth-order valence-corrected chi connectivity index (χ4v) is 18.6. The Kier molecular flexibility index (Phi) is 11.6. The van der Waals surface area contributed by atoms with Crippen LogP contribution in [0.2, 0.25) is 0 Å².